The van der Waals surface area contributed by atoms with E-state index in [0.717, 1.165) is 11.1 Å². The molecule has 26 heavy (non-hydrogen) atoms. The van der Waals surface area contributed by atoms with E-state index in [1.807, 2.05) is 67.6 Å². The van der Waals surface area contributed by atoms with Gasteiger partial charge in [-0.25, -0.2) is 0 Å². The number of aryl methyl sites for hydroxylation is 1. The molecular weight excluding hydrogens is 346 g/mol. The van der Waals surface area contributed by atoms with Gasteiger partial charge >= 0.3 is 0 Å². The maximum Gasteiger partial charge on any atom is 0.255 e. The van der Waals surface area contributed by atoms with Crippen LogP contribution in [-0.4, -0.2) is 5.91 Å². The smallest absolute Gasteiger partial charge is 0.255 e. The predicted octanol–water partition coefficient (Wildman–Crippen LogP) is 5.16. The highest BCUT2D eigenvalue weighted by Gasteiger charge is 2.12. The number of ether oxygens (including phenoxy) is 1. The Labute approximate surface area is 158 Å². The van der Waals surface area contributed by atoms with E-state index in [1.165, 1.54) is 5.56 Å². The van der Waals surface area contributed by atoms with Gasteiger partial charge in [0.15, 0.2) is 0 Å². The number of hydrogen-bond donors (Lipinski definition) is 1. The van der Waals surface area contributed by atoms with E-state index in [0.29, 0.717) is 29.5 Å². The van der Waals surface area contributed by atoms with Gasteiger partial charge in [-0.3, -0.25) is 4.79 Å². The fraction of sp³-hybridized carbons (Fsp3) is 0.136. The van der Waals surface area contributed by atoms with Crippen molar-refractivity contribution in [2.45, 2.75) is 20.1 Å². The monoisotopic (exact) mass is 365 g/mol. The van der Waals surface area contributed by atoms with E-state index < -0.39 is 0 Å². The molecule has 0 heterocycles. The lowest BCUT2D eigenvalue weighted by molar-refractivity contribution is 0.0946. The molecule has 0 saturated carbocycles. The van der Waals surface area contributed by atoms with Gasteiger partial charge in [-0.2, -0.15) is 0 Å². The molecule has 3 aromatic rings. The molecule has 0 aliphatic heterocycles. The molecular formula is C22H20ClNO2. The van der Waals surface area contributed by atoms with E-state index in [9.17, 15) is 4.79 Å². The number of amides is 1. The number of hydrogen-bond acceptors (Lipinski definition) is 2. The Morgan fingerprint density at radius 2 is 1.58 bits per heavy atom. The van der Waals surface area contributed by atoms with Crippen molar-refractivity contribution < 1.29 is 9.53 Å². The normalized spacial score (nSPS) is 10.4. The van der Waals surface area contributed by atoms with Crippen molar-refractivity contribution in [2.24, 2.45) is 0 Å². The molecule has 3 nitrogen and oxygen atoms in total. The Morgan fingerprint density at radius 3 is 2.31 bits per heavy atom. The van der Waals surface area contributed by atoms with E-state index in [4.69, 9.17) is 16.3 Å². The number of carbonyl (C=O) groups is 1. The van der Waals surface area contributed by atoms with Crippen LogP contribution in [0.1, 0.15) is 27.0 Å². The molecule has 1 N–H and O–H groups in total. The van der Waals surface area contributed by atoms with Gasteiger partial charge in [0.2, 0.25) is 0 Å². The van der Waals surface area contributed by atoms with E-state index in [-0.39, 0.29) is 5.91 Å². The maximum atomic E-state index is 12.6. The molecule has 0 bridgehead atoms. The molecule has 132 valence electrons. The lowest BCUT2D eigenvalue weighted by Gasteiger charge is -2.12. The fourth-order valence-corrected chi connectivity index (χ4v) is 2.63. The van der Waals surface area contributed by atoms with Crippen molar-refractivity contribution >= 4 is 17.5 Å². The molecule has 0 aromatic heterocycles. The minimum atomic E-state index is -0.155. The Morgan fingerprint density at radius 1 is 0.923 bits per heavy atom. The van der Waals surface area contributed by atoms with E-state index in [2.05, 4.69) is 5.32 Å². The molecule has 0 atom stereocenters. The second-order valence-electron chi connectivity index (χ2n) is 6.08. The van der Waals surface area contributed by atoms with E-state index >= 15 is 0 Å². The molecule has 0 fully saturated rings. The van der Waals surface area contributed by atoms with Gasteiger partial charge in [-0.1, -0.05) is 65.7 Å². The Kier molecular flexibility index (Phi) is 5.92. The van der Waals surface area contributed by atoms with Crippen LogP contribution >= 0.6 is 11.6 Å². The quantitative estimate of drug-likeness (QED) is 0.655. The number of carbonyl (C=O) groups excluding carboxylic acids is 1. The van der Waals surface area contributed by atoms with Gasteiger partial charge in [0.1, 0.15) is 12.4 Å². The summed E-state index contributed by atoms with van der Waals surface area (Å²) in [5.74, 6) is 0.404. The third-order valence-corrected chi connectivity index (χ3v) is 4.26. The van der Waals surface area contributed by atoms with Crippen molar-refractivity contribution in [1.29, 1.82) is 0 Å². The topological polar surface area (TPSA) is 38.3 Å². The van der Waals surface area contributed by atoms with Crippen molar-refractivity contribution in [2.75, 3.05) is 0 Å². The lowest BCUT2D eigenvalue weighted by Crippen LogP contribution is -2.23. The fourth-order valence-electron chi connectivity index (χ4n) is 2.51. The molecule has 0 saturated heterocycles. The third-order valence-electron chi connectivity index (χ3n) is 4.01. The van der Waals surface area contributed by atoms with E-state index in [1.54, 1.807) is 12.1 Å². The van der Waals surface area contributed by atoms with Gasteiger partial charge < -0.3 is 10.1 Å². The first-order valence-electron chi connectivity index (χ1n) is 8.42. The summed E-state index contributed by atoms with van der Waals surface area (Å²) in [6.07, 6.45) is 0. The van der Waals surface area contributed by atoms with Crippen LogP contribution in [0.15, 0.2) is 72.8 Å². The highest BCUT2D eigenvalue weighted by molar-refractivity contribution is 6.30. The number of nitrogens with one attached hydrogen (secondary N) is 1. The van der Waals surface area contributed by atoms with Gasteiger partial charge in [-0.05, 0) is 42.3 Å². The minimum absolute atomic E-state index is 0.155. The van der Waals surface area contributed by atoms with Crippen molar-refractivity contribution in [3.05, 3.63) is 100 Å². The predicted molar refractivity (Wildman–Crippen MR) is 105 cm³/mol. The minimum Gasteiger partial charge on any atom is -0.488 e. The molecule has 4 heteroatoms. The first-order valence-corrected chi connectivity index (χ1v) is 8.79. The summed E-state index contributed by atoms with van der Waals surface area (Å²) in [5.41, 5.74) is 3.77. The average molecular weight is 366 g/mol. The highest BCUT2D eigenvalue weighted by atomic mass is 35.5. The van der Waals surface area contributed by atoms with Crippen molar-refractivity contribution in [3.63, 3.8) is 0 Å². The van der Waals surface area contributed by atoms with Crippen LogP contribution in [0.4, 0.5) is 0 Å². The average Bonchev–Trinajstić information content (AvgIpc) is 2.67. The number of rotatable bonds is 6. The van der Waals surface area contributed by atoms with Crippen LogP contribution in [0.25, 0.3) is 0 Å². The number of para-hydroxylation sites is 1. The highest BCUT2D eigenvalue weighted by Crippen LogP contribution is 2.20. The van der Waals surface area contributed by atoms with Gasteiger partial charge in [0.05, 0.1) is 5.56 Å². The van der Waals surface area contributed by atoms with Crippen LogP contribution in [-0.2, 0) is 13.2 Å². The summed E-state index contributed by atoms with van der Waals surface area (Å²) in [6, 6.07) is 22.8. The lowest BCUT2D eigenvalue weighted by atomic mass is 10.1. The van der Waals surface area contributed by atoms with Gasteiger partial charge in [-0.15, -0.1) is 0 Å². The zero-order chi connectivity index (χ0) is 18.4. The SMILES string of the molecule is Cc1ccc(CNC(=O)c2ccccc2OCc2ccc(Cl)cc2)cc1. The number of halogens is 1. The summed E-state index contributed by atoms with van der Waals surface area (Å²) >= 11 is 5.90. The van der Waals surface area contributed by atoms with Crippen LogP contribution in [0.5, 0.6) is 5.75 Å². The largest absolute Gasteiger partial charge is 0.488 e. The van der Waals surface area contributed by atoms with Crippen molar-refractivity contribution in [1.82, 2.24) is 5.32 Å². The Balaban J connectivity index is 1.64. The van der Waals surface area contributed by atoms with Crippen LogP contribution in [0, 0.1) is 6.92 Å². The summed E-state index contributed by atoms with van der Waals surface area (Å²) in [7, 11) is 0. The maximum absolute atomic E-state index is 12.6. The second kappa shape index (κ2) is 8.54. The first-order chi connectivity index (χ1) is 12.6. The van der Waals surface area contributed by atoms with Crippen LogP contribution in [0.2, 0.25) is 5.02 Å². The zero-order valence-electron chi connectivity index (χ0n) is 14.5. The summed E-state index contributed by atoms with van der Waals surface area (Å²) in [6.45, 7) is 2.89. The molecule has 0 unspecified atom stereocenters. The molecule has 0 aliphatic carbocycles. The number of benzene rings is 3. The third kappa shape index (κ3) is 4.87. The molecule has 0 radical (unpaired) electrons. The first kappa shape index (κ1) is 18.0. The molecule has 3 aromatic carbocycles. The Hall–Kier alpha value is -2.78. The molecule has 0 spiro atoms. The molecule has 3 rings (SSSR count). The van der Waals surface area contributed by atoms with Gasteiger partial charge in [0.25, 0.3) is 5.91 Å². The molecule has 0 aliphatic rings. The van der Waals surface area contributed by atoms with Gasteiger partial charge in [0, 0.05) is 11.6 Å². The summed E-state index contributed by atoms with van der Waals surface area (Å²) in [4.78, 5) is 12.6. The summed E-state index contributed by atoms with van der Waals surface area (Å²) < 4.78 is 5.85. The van der Waals surface area contributed by atoms with Crippen LogP contribution in [0.3, 0.4) is 0 Å². The zero-order valence-corrected chi connectivity index (χ0v) is 15.3. The van der Waals surface area contributed by atoms with Crippen molar-refractivity contribution in [3.8, 4) is 5.75 Å². The summed E-state index contributed by atoms with van der Waals surface area (Å²) in [5, 5.41) is 3.63. The Bertz CT molecular complexity index is 873. The second-order valence-corrected chi connectivity index (χ2v) is 6.52. The standard InChI is InChI=1S/C22H20ClNO2/c1-16-6-8-17(9-7-16)14-24-22(25)20-4-2-3-5-21(20)26-15-18-10-12-19(23)13-11-18/h2-13H,14-15H2,1H3,(H,24,25). The molecule has 1 amide bonds. The van der Waals surface area contributed by atoms with Crippen LogP contribution < -0.4 is 10.1 Å².